The van der Waals surface area contributed by atoms with Crippen LogP contribution in [-0.4, -0.2) is 40.9 Å². The summed E-state index contributed by atoms with van der Waals surface area (Å²) in [5.74, 6) is 2.58. The number of hydrogen-bond acceptors (Lipinski definition) is 4. The van der Waals surface area contributed by atoms with E-state index in [1.165, 1.54) is 12.0 Å². The highest BCUT2D eigenvalue weighted by Gasteiger charge is 2.71. The Labute approximate surface area is 187 Å². The summed E-state index contributed by atoms with van der Waals surface area (Å²) in [6.07, 6.45) is 10.3. The first-order valence-corrected chi connectivity index (χ1v) is 13.1. The van der Waals surface area contributed by atoms with Gasteiger partial charge in [0.1, 0.15) is 0 Å². The van der Waals surface area contributed by atoms with Crippen LogP contribution in [0.2, 0.25) is 0 Å². The van der Waals surface area contributed by atoms with Gasteiger partial charge in [-0.2, -0.15) is 0 Å². The van der Waals surface area contributed by atoms with E-state index < -0.39 is 5.79 Å². The third-order valence-electron chi connectivity index (χ3n) is 11.5. The van der Waals surface area contributed by atoms with Crippen LogP contribution in [0.4, 0.5) is 0 Å². The molecule has 0 unspecified atom stereocenters. The maximum atomic E-state index is 11.8. The second kappa shape index (κ2) is 6.81. The maximum absolute atomic E-state index is 11.8. The van der Waals surface area contributed by atoms with E-state index in [1.54, 1.807) is 0 Å². The highest BCUT2D eigenvalue weighted by atomic mass is 16.7. The molecule has 0 aromatic rings. The van der Waals surface area contributed by atoms with E-state index in [9.17, 15) is 10.2 Å². The molecule has 0 radical (unpaired) electrons. The van der Waals surface area contributed by atoms with Crippen LogP contribution in [0.3, 0.4) is 0 Å². The van der Waals surface area contributed by atoms with Gasteiger partial charge in [0.15, 0.2) is 5.79 Å². The highest BCUT2D eigenvalue weighted by molar-refractivity contribution is 5.27. The molecular weight excluding hydrogens is 388 g/mol. The van der Waals surface area contributed by atoms with Crippen LogP contribution in [0.5, 0.6) is 0 Å². The zero-order valence-electron chi connectivity index (χ0n) is 19.8. The van der Waals surface area contributed by atoms with E-state index in [0.29, 0.717) is 35.5 Å². The Balaban J connectivity index is 1.32. The van der Waals surface area contributed by atoms with Gasteiger partial charge in [-0.25, -0.2) is 0 Å². The Hall–Kier alpha value is -0.420. The van der Waals surface area contributed by atoms with Gasteiger partial charge in [0.25, 0.3) is 0 Å². The van der Waals surface area contributed by atoms with Crippen LogP contribution in [0.15, 0.2) is 11.6 Å². The minimum atomic E-state index is -0.419. The fourth-order valence-electron chi connectivity index (χ4n) is 9.61. The molecule has 4 nitrogen and oxygen atoms in total. The highest BCUT2D eigenvalue weighted by Crippen LogP contribution is 2.70. The van der Waals surface area contributed by atoms with Crippen molar-refractivity contribution < 1.29 is 19.7 Å². The minimum Gasteiger partial charge on any atom is -0.393 e. The topological polar surface area (TPSA) is 58.9 Å². The summed E-state index contributed by atoms with van der Waals surface area (Å²) in [6, 6.07) is 0. The van der Waals surface area contributed by atoms with Gasteiger partial charge >= 0.3 is 0 Å². The quantitative estimate of drug-likeness (QED) is 0.548. The number of fused-ring (bicyclic) bond motifs is 7. The molecule has 6 rings (SSSR count). The van der Waals surface area contributed by atoms with E-state index in [1.807, 2.05) is 0 Å². The summed E-state index contributed by atoms with van der Waals surface area (Å²) in [7, 11) is 0. The van der Waals surface area contributed by atoms with Crippen molar-refractivity contribution in [3.8, 4) is 0 Å². The maximum Gasteiger partial charge on any atom is 0.171 e. The van der Waals surface area contributed by atoms with Crippen molar-refractivity contribution in [2.45, 2.75) is 103 Å². The smallest absolute Gasteiger partial charge is 0.171 e. The number of ether oxygens (including phenoxy) is 2. The third-order valence-corrected chi connectivity index (χ3v) is 11.5. The lowest BCUT2D eigenvalue weighted by Crippen LogP contribution is -2.57. The number of allylic oxidation sites excluding steroid dienone is 1. The average molecular weight is 431 g/mol. The number of aliphatic hydroxyl groups is 2. The van der Waals surface area contributed by atoms with Crippen LogP contribution in [0.1, 0.15) is 79.1 Å². The lowest BCUT2D eigenvalue weighted by Gasteiger charge is -2.60. The molecule has 0 amide bonds. The molecule has 174 valence electrons. The van der Waals surface area contributed by atoms with Gasteiger partial charge in [-0.3, -0.25) is 0 Å². The van der Waals surface area contributed by atoms with Crippen molar-refractivity contribution in [1.29, 1.82) is 0 Å². The van der Waals surface area contributed by atoms with Gasteiger partial charge in [0.05, 0.1) is 24.9 Å². The molecule has 1 spiro atoms. The standard InChI is InChI=1S/C27H42O4/c1-15-7-10-27(30-14-15)16(2)24-22(31-27)12-21-19-6-5-17-11-18(28)8-9-25(17,3)20(19)13-23(29)26(21,24)4/h5,15-16,18-24,28-29H,6-14H2,1-4H3/t15-,16-,18-,19+,20-,21-,22-,23+,24-,25-,26+,27+/m0/s1. The van der Waals surface area contributed by atoms with Crippen molar-refractivity contribution >= 4 is 0 Å². The predicted molar refractivity (Wildman–Crippen MR) is 119 cm³/mol. The molecule has 4 aliphatic carbocycles. The lowest BCUT2D eigenvalue weighted by atomic mass is 9.46. The van der Waals surface area contributed by atoms with Gasteiger partial charge in [-0.05, 0) is 74.0 Å². The first kappa shape index (κ1) is 21.1. The fraction of sp³-hybridized carbons (Fsp3) is 0.926. The second-order valence-corrected chi connectivity index (χ2v) is 12.7. The summed E-state index contributed by atoms with van der Waals surface area (Å²) in [6.45, 7) is 10.2. The second-order valence-electron chi connectivity index (χ2n) is 12.7. The summed E-state index contributed by atoms with van der Waals surface area (Å²) < 4.78 is 13.2. The van der Waals surface area contributed by atoms with Crippen molar-refractivity contribution in [1.82, 2.24) is 0 Å². The van der Waals surface area contributed by atoms with E-state index >= 15 is 0 Å². The Morgan fingerprint density at radius 3 is 2.58 bits per heavy atom. The van der Waals surface area contributed by atoms with E-state index in [4.69, 9.17) is 9.47 Å². The molecular formula is C27H42O4. The number of rotatable bonds is 0. The minimum absolute atomic E-state index is 0.0863. The summed E-state index contributed by atoms with van der Waals surface area (Å²) in [5, 5.41) is 22.0. The summed E-state index contributed by atoms with van der Waals surface area (Å²) >= 11 is 0. The van der Waals surface area contributed by atoms with Gasteiger partial charge < -0.3 is 19.7 Å². The molecule has 2 aliphatic heterocycles. The third kappa shape index (κ3) is 2.68. The molecule has 5 fully saturated rings. The molecule has 12 atom stereocenters. The predicted octanol–water partition coefficient (Wildman–Crippen LogP) is 4.68. The molecule has 2 saturated heterocycles. The molecule has 0 aromatic carbocycles. The summed E-state index contributed by atoms with van der Waals surface area (Å²) in [5.41, 5.74) is 1.53. The molecule has 2 N–H and O–H groups in total. The van der Waals surface area contributed by atoms with Crippen LogP contribution < -0.4 is 0 Å². The molecule has 6 aliphatic rings. The van der Waals surface area contributed by atoms with E-state index in [2.05, 4.69) is 33.8 Å². The Morgan fingerprint density at radius 1 is 1.03 bits per heavy atom. The fourth-order valence-corrected chi connectivity index (χ4v) is 9.61. The zero-order chi connectivity index (χ0) is 21.8. The van der Waals surface area contributed by atoms with Crippen molar-refractivity contribution in [3.05, 3.63) is 11.6 Å². The SMILES string of the molecule is C[C@H]1CC[C@@]2(OC1)O[C@H]1C[C@H]3[C@@H]4CC=C5C[C@@H](O)CC[C@]5(C)[C@H]4C[C@@H](O)[C@]3(C)[C@H]1[C@@H]2C. The number of aliphatic hydroxyl groups excluding tert-OH is 2. The molecule has 2 heterocycles. The normalized spacial score (nSPS) is 60.7. The monoisotopic (exact) mass is 430 g/mol. The van der Waals surface area contributed by atoms with Crippen LogP contribution in [0.25, 0.3) is 0 Å². The van der Waals surface area contributed by atoms with Crippen molar-refractivity contribution in [2.24, 2.45) is 46.3 Å². The van der Waals surface area contributed by atoms with Gasteiger partial charge in [0, 0.05) is 23.7 Å². The molecule has 3 saturated carbocycles. The Bertz CT molecular complexity index is 769. The molecule has 4 heteroatoms. The molecule has 0 aromatic heterocycles. The van der Waals surface area contributed by atoms with E-state index in [0.717, 1.165) is 51.6 Å². The van der Waals surface area contributed by atoms with Crippen molar-refractivity contribution in [2.75, 3.05) is 6.61 Å². The number of hydrogen-bond donors (Lipinski definition) is 2. The Morgan fingerprint density at radius 2 is 1.84 bits per heavy atom. The van der Waals surface area contributed by atoms with Gasteiger partial charge in [-0.15, -0.1) is 0 Å². The molecule has 0 bridgehead atoms. The lowest BCUT2D eigenvalue weighted by molar-refractivity contribution is -0.273. The van der Waals surface area contributed by atoms with Gasteiger partial charge in [0.2, 0.25) is 0 Å². The van der Waals surface area contributed by atoms with Crippen LogP contribution in [-0.2, 0) is 9.47 Å². The van der Waals surface area contributed by atoms with Gasteiger partial charge in [-0.1, -0.05) is 39.3 Å². The Kier molecular flexibility index (Phi) is 4.64. The van der Waals surface area contributed by atoms with Crippen molar-refractivity contribution in [3.63, 3.8) is 0 Å². The largest absolute Gasteiger partial charge is 0.393 e. The van der Waals surface area contributed by atoms with E-state index in [-0.39, 0.29) is 29.1 Å². The molecule has 31 heavy (non-hydrogen) atoms. The first-order chi connectivity index (χ1) is 14.7. The zero-order valence-corrected chi connectivity index (χ0v) is 19.8. The van der Waals surface area contributed by atoms with Crippen LogP contribution in [0, 0.1) is 46.3 Å². The summed E-state index contributed by atoms with van der Waals surface area (Å²) in [4.78, 5) is 0. The average Bonchev–Trinajstić information content (AvgIpc) is 3.18. The first-order valence-electron chi connectivity index (χ1n) is 13.1. The van der Waals surface area contributed by atoms with Crippen LogP contribution >= 0.6 is 0 Å².